The summed E-state index contributed by atoms with van der Waals surface area (Å²) in [6, 6.07) is 12.3. The molecule has 0 fully saturated rings. The zero-order valence-corrected chi connectivity index (χ0v) is 18.5. The quantitative estimate of drug-likeness (QED) is 0.628. The number of nitrogens with zero attached hydrogens (tertiary/aromatic N) is 2. The average molecular weight is 467 g/mol. The van der Waals surface area contributed by atoms with E-state index in [0.717, 1.165) is 15.7 Å². The van der Waals surface area contributed by atoms with Crippen LogP contribution in [0.15, 0.2) is 51.8 Å². The molecule has 6 nitrogen and oxygen atoms in total. The molecule has 0 aliphatic carbocycles. The molecule has 28 heavy (non-hydrogen) atoms. The molecular weight excluding hydrogens is 444 g/mol. The van der Waals surface area contributed by atoms with Crippen molar-refractivity contribution in [1.29, 1.82) is 0 Å². The Morgan fingerprint density at radius 2 is 1.96 bits per heavy atom. The van der Waals surface area contributed by atoms with E-state index in [1.807, 2.05) is 43.1 Å². The normalized spacial score (nSPS) is 16.6. The summed E-state index contributed by atoms with van der Waals surface area (Å²) in [6.07, 6.45) is 0.730. The van der Waals surface area contributed by atoms with Crippen molar-refractivity contribution >= 4 is 43.3 Å². The van der Waals surface area contributed by atoms with Gasteiger partial charge in [0.1, 0.15) is 0 Å². The molecule has 0 amide bonds. The highest BCUT2D eigenvalue weighted by molar-refractivity contribution is 9.10. The van der Waals surface area contributed by atoms with Gasteiger partial charge in [0.25, 0.3) is 10.0 Å². The molecule has 0 N–H and O–H groups in total. The van der Waals surface area contributed by atoms with Gasteiger partial charge in [-0.05, 0) is 49.2 Å². The molecule has 0 radical (unpaired) electrons. The Bertz CT molecular complexity index is 993. The Kier molecular flexibility index (Phi) is 6.00. The number of hydrogen-bond acceptors (Lipinski definition) is 5. The van der Waals surface area contributed by atoms with Crippen LogP contribution in [0.1, 0.15) is 18.4 Å². The molecule has 1 aliphatic heterocycles. The number of hydrogen-bond donors (Lipinski definition) is 0. The Morgan fingerprint density at radius 1 is 1.21 bits per heavy atom. The van der Waals surface area contributed by atoms with Crippen molar-refractivity contribution in [3.05, 3.63) is 52.5 Å². The number of ether oxygens (including phenoxy) is 1. The van der Waals surface area contributed by atoms with Gasteiger partial charge < -0.3 is 9.64 Å². The van der Waals surface area contributed by atoms with Gasteiger partial charge in [-0.15, -0.1) is 0 Å². The van der Waals surface area contributed by atoms with Crippen LogP contribution >= 0.6 is 15.9 Å². The molecule has 8 heteroatoms. The number of methoxy groups -OCH3 is 1. The first-order valence-electron chi connectivity index (χ1n) is 8.92. The number of halogens is 1. The Labute approximate surface area is 174 Å². The van der Waals surface area contributed by atoms with E-state index < -0.39 is 10.0 Å². The summed E-state index contributed by atoms with van der Waals surface area (Å²) in [6.45, 7) is 2.12. The van der Waals surface area contributed by atoms with Gasteiger partial charge in [-0.3, -0.25) is 9.10 Å². The number of esters is 1. The fourth-order valence-electron chi connectivity index (χ4n) is 3.41. The smallest absolute Gasteiger partial charge is 0.305 e. The third-order valence-corrected chi connectivity index (χ3v) is 7.27. The minimum Gasteiger partial charge on any atom is -0.469 e. The number of carbonyl (C=O) groups excluding carboxylic acids is 1. The highest BCUT2D eigenvalue weighted by atomic mass is 79.9. The van der Waals surface area contributed by atoms with Crippen LogP contribution < -0.4 is 9.21 Å². The zero-order valence-electron chi connectivity index (χ0n) is 16.1. The first-order chi connectivity index (χ1) is 13.2. The van der Waals surface area contributed by atoms with Gasteiger partial charge >= 0.3 is 5.97 Å². The number of likely N-dealkylation sites (N-methyl/N-ethyl adjacent to an activating group) is 1. The SMILES string of the molecule is COC(=O)CC[C@H]1CN(S(=O)(=O)c2cccc(C)c2)c2cc(Br)ccc2N1C. The lowest BCUT2D eigenvalue weighted by Gasteiger charge is -2.42. The van der Waals surface area contributed by atoms with Crippen molar-refractivity contribution < 1.29 is 17.9 Å². The third-order valence-electron chi connectivity index (χ3n) is 5.00. The molecular formula is C20H23BrN2O4S. The van der Waals surface area contributed by atoms with Gasteiger partial charge in [0, 0.05) is 24.0 Å². The summed E-state index contributed by atoms with van der Waals surface area (Å²) in [7, 11) is -0.468. The second kappa shape index (κ2) is 8.13. The van der Waals surface area contributed by atoms with Crippen molar-refractivity contribution in [3.8, 4) is 0 Å². The van der Waals surface area contributed by atoms with Gasteiger partial charge in [0.2, 0.25) is 0 Å². The lowest BCUT2D eigenvalue weighted by molar-refractivity contribution is -0.140. The second-order valence-electron chi connectivity index (χ2n) is 6.87. The Balaban J connectivity index is 2.04. The fraction of sp³-hybridized carbons (Fsp3) is 0.350. The largest absolute Gasteiger partial charge is 0.469 e. The van der Waals surface area contributed by atoms with Crippen LogP contribution in [-0.4, -0.2) is 41.1 Å². The van der Waals surface area contributed by atoms with Crippen LogP contribution in [0.3, 0.4) is 0 Å². The van der Waals surface area contributed by atoms with Crippen LogP contribution in [-0.2, 0) is 19.6 Å². The van der Waals surface area contributed by atoms with E-state index in [1.54, 1.807) is 18.2 Å². The van der Waals surface area contributed by atoms with Crippen LogP contribution in [0.4, 0.5) is 11.4 Å². The summed E-state index contributed by atoms with van der Waals surface area (Å²) in [5, 5.41) is 0. The van der Waals surface area contributed by atoms with E-state index in [9.17, 15) is 13.2 Å². The number of fused-ring (bicyclic) bond motifs is 1. The number of benzene rings is 2. The summed E-state index contributed by atoms with van der Waals surface area (Å²) < 4.78 is 33.9. The second-order valence-corrected chi connectivity index (χ2v) is 9.64. The maximum atomic E-state index is 13.5. The van der Waals surface area contributed by atoms with Gasteiger partial charge in [0.05, 0.1) is 29.9 Å². The van der Waals surface area contributed by atoms with E-state index >= 15 is 0 Å². The van der Waals surface area contributed by atoms with Crippen molar-refractivity contribution in [2.24, 2.45) is 0 Å². The molecule has 2 aromatic rings. The molecule has 0 bridgehead atoms. The minimum atomic E-state index is -3.75. The molecule has 0 aromatic heterocycles. The number of rotatable bonds is 5. The molecule has 150 valence electrons. The number of aryl methyl sites for hydroxylation is 1. The van der Waals surface area contributed by atoms with Crippen LogP contribution in [0.25, 0.3) is 0 Å². The summed E-state index contributed by atoms with van der Waals surface area (Å²) in [5.74, 6) is -0.303. The van der Waals surface area contributed by atoms with Crippen LogP contribution in [0.2, 0.25) is 0 Å². The van der Waals surface area contributed by atoms with Gasteiger partial charge in [-0.25, -0.2) is 8.42 Å². The lowest BCUT2D eigenvalue weighted by Crippen LogP contribution is -2.49. The molecule has 2 aromatic carbocycles. The summed E-state index contributed by atoms with van der Waals surface area (Å²) in [5.41, 5.74) is 2.31. The molecule has 0 unspecified atom stereocenters. The zero-order chi connectivity index (χ0) is 20.5. The van der Waals surface area contributed by atoms with E-state index in [4.69, 9.17) is 4.74 Å². The average Bonchev–Trinajstić information content (AvgIpc) is 2.66. The van der Waals surface area contributed by atoms with Crippen molar-refractivity contribution in [2.75, 3.05) is 29.9 Å². The predicted octanol–water partition coefficient (Wildman–Crippen LogP) is 3.72. The molecule has 0 saturated carbocycles. The molecule has 1 atom stereocenters. The van der Waals surface area contributed by atoms with E-state index in [2.05, 4.69) is 15.9 Å². The first kappa shape index (κ1) is 20.7. The standard InChI is InChI=1S/C20H23BrN2O4S/c1-14-5-4-6-17(11-14)28(25,26)23-13-16(8-10-20(24)27-3)22(2)18-9-7-15(21)12-19(18)23/h4-7,9,11-12,16H,8,10,13H2,1-3H3/t16-/m0/s1. The van der Waals surface area contributed by atoms with E-state index in [-0.39, 0.29) is 29.9 Å². The number of carbonyl (C=O) groups is 1. The molecule has 0 saturated heterocycles. The monoisotopic (exact) mass is 466 g/mol. The van der Waals surface area contributed by atoms with Gasteiger partial charge in [0.15, 0.2) is 0 Å². The van der Waals surface area contributed by atoms with E-state index in [0.29, 0.717) is 12.1 Å². The maximum Gasteiger partial charge on any atom is 0.305 e. The van der Waals surface area contributed by atoms with Gasteiger partial charge in [-0.1, -0.05) is 28.1 Å². The Morgan fingerprint density at radius 3 is 2.64 bits per heavy atom. The molecule has 0 spiro atoms. The summed E-state index contributed by atoms with van der Waals surface area (Å²) in [4.78, 5) is 13.9. The van der Waals surface area contributed by atoms with Crippen molar-refractivity contribution in [1.82, 2.24) is 0 Å². The Hall–Kier alpha value is -2.06. The maximum absolute atomic E-state index is 13.5. The number of sulfonamides is 1. The highest BCUT2D eigenvalue weighted by Gasteiger charge is 2.36. The third kappa shape index (κ3) is 4.03. The lowest BCUT2D eigenvalue weighted by atomic mass is 10.1. The molecule has 1 aliphatic rings. The van der Waals surface area contributed by atoms with Crippen molar-refractivity contribution in [2.45, 2.75) is 30.7 Å². The molecule has 1 heterocycles. The van der Waals surface area contributed by atoms with Crippen LogP contribution in [0, 0.1) is 6.92 Å². The van der Waals surface area contributed by atoms with Gasteiger partial charge in [-0.2, -0.15) is 0 Å². The first-order valence-corrected chi connectivity index (χ1v) is 11.2. The van der Waals surface area contributed by atoms with E-state index in [1.165, 1.54) is 11.4 Å². The summed E-state index contributed by atoms with van der Waals surface area (Å²) >= 11 is 3.45. The topological polar surface area (TPSA) is 66.9 Å². The van der Waals surface area contributed by atoms with Crippen molar-refractivity contribution in [3.63, 3.8) is 0 Å². The van der Waals surface area contributed by atoms with Crippen LogP contribution in [0.5, 0.6) is 0 Å². The highest BCUT2D eigenvalue weighted by Crippen LogP contribution is 2.40. The minimum absolute atomic E-state index is 0.146. The fourth-order valence-corrected chi connectivity index (χ4v) is 5.37. The predicted molar refractivity (Wildman–Crippen MR) is 113 cm³/mol. The molecule has 3 rings (SSSR count). The number of anilines is 2.